The van der Waals surface area contributed by atoms with E-state index in [-0.39, 0.29) is 5.91 Å². The van der Waals surface area contributed by atoms with Crippen LogP contribution in [-0.2, 0) is 13.0 Å². The molecule has 0 aliphatic carbocycles. The molecule has 5 nitrogen and oxygen atoms in total. The number of nitrogens with one attached hydrogen (secondary N) is 1. The first kappa shape index (κ1) is 17.5. The van der Waals surface area contributed by atoms with Gasteiger partial charge >= 0.3 is 0 Å². The van der Waals surface area contributed by atoms with Crippen molar-refractivity contribution in [2.75, 3.05) is 6.54 Å². The summed E-state index contributed by atoms with van der Waals surface area (Å²) in [7, 11) is 0. The number of aromatic nitrogens is 2. The minimum atomic E-state index is -0.0748. The Labute approximate surface area is 165 Å². The van der Waals surface area contributed by atoms with Crippen LogP contribution < -0.4 is 0 Å². The fourth-order valence-electron chi connectivity index (χ4n) is 3.37. The van der Waals surface area contributed by atoms with Crippen LogP contribution in [0.4, 0.5) is 0 Å². The summed E-state index contributed by atoms with van der Waals surface area (Å²) < 4.78 is 0.982. The molecule has 0 fully saturated rings. The molecule has 6 heteroatoms. The maximum Gasteiger partial charge on any atom is 0.270 e. The normalized spacial score (nSPS) is 13.1. The third-order valence-corrected chi connectivity index (χ3v) is 5.40. The van der Waals surface area contributed by atoms with E-state index in [4.69, 9.17) is 5.26 Å². The van der Waals surface area contributed by atoms with Crippen LogP contribution in [0.5, 0.6) is 0 Å². The van der Waals surface area contributed by atoms with Gasteiger partial charge in [-0.25, -0.2) is 0 Å². The van der Waals surface area contributed by atoms with E-state index < -0.39 is 0 Å². The van der Waals surface area contributed by atoms with Gasteiger partial charge in [0.1, 0.15) is 11.8 Å². The van der Waals surface area contributed by atoms with Gasteiger partial charge in [-0.2, -0.15) is 5.26 Å². The van der Waals surface area contributed by atoms with Crippen LogP contribution in [0.1, 0.15) is 32.7 Å². The zero-order valence-corrected chi connectivity index (χ0v) is 16.4. The maximum absolute atomic E-state index is 12.7. The molecule has 1 aliphatic rings. The molecular formula is C21H17BrN4O. The number of carbonyl (C=O) groups excluding carboxylic acids is 1. The number of fused-ring (bicyclic) bond motifs is 1. The SMILES string of the molecule is Cc1cnc(-c2ccc3c(c2)CCN(C(=O)c2cc(C#N)c[nH]2)C3)c(Br)c1. The van der Waals surface area contributed by atoms with Crippen molar-refractivity contribution in [3.8, 4) is 17.3 Å². The molecule has 134 valence electrons. The lowest BCUT2D eigenvalue weighted by Gasteiger charge is -2.29. The largest absolute Gasteiger partial charge is 0.356 e. The van der Waals surface area contributed by atoms with E-state index in [9.17, 15) is 4.79 Å². The van der Waals surface area contributed by atoms with E-state index in [2.05, 4.69) is 50.2 Å². The first-order chi connectivity index (χ1) is 13.0. The van der Waals surface area contributed by atoms with Gasteiger partial charge in [-0.05, 0) is 64.2 Å². The van der Waals surface area contributed by atoms with Crippen LogP contribution >= 0.6 is 15.9 Å². The summed E-state index contributed by atoms with van der Waals surface area (Å²) in [6, 6.07) is 12.0. The lowest BCUT2D eigenvalue weighted by Crippen LogP contribution is -2.36. The third-order valence-electron chi connectivity index (χ3n) is 4.80. The lowest BCUT2D eigenvalue weighted by atomic mass is 9.96. The minimum absolute atomic E-state index is 0.0748. The molecule has 0 bridgehead atoms. The Morgan fingerprint density at radius 1 is 1.30 bits per heavy atom. The summed E-state index contributed by atoms with van der Waals surface area (Å²) in [6.07, 6.45) is 4.22. The van der Waals surface area contributed by atoms with Crippen LogP contribution in [0.25, 0.3) is 11.3 Å². The van der Waals surface area contributed by atoms with Gasteiger partial charge < -0.3 is 9.88 Å². The molecule has 1 aromatic carbocycles. The Balaban J connectivity index is 1.57. The molecule has 3 heterocycles. The number of rotatable bonds is 2. The maximum atomic E-state index is 12.7. The summed E-state index contributed by atoms with van der Waals surface area (Å²) in [5.41, 5.74) is 6.43. The number of hydrogen-bond acceptors (Lipinski definition) is 3. The van der Waals surface area contributed by atoms with Crippen molar-refractivity contribution in [2.24, 2.45) is 0 Å². The van der Waals surface area contributed by atoms with Crippen LogP contribution in [0.3, 0.4) is 0 Å². The molecule has 0 radical (unpaired) electrons. The van der Waals surface area contributed by atoms with Crippen molar-refractivity contribution >= 4 is 21.8 Å². The third kappa shape index (κ3) is 3.38. The smallest absolute Gasteiger partial charge is 0.270 e. The lowest BCUT2D eigenvalue weighted by molar-refractivity contribution is 0.0729. The molecule has 2 aromatic heterocycles. The predicted octanol–water partition coefficient (Wildman–Crippen LogP) is 4.22. The van der Waals surface area contributed by atoms with Crippen molar-refractivity contribution in [2.45, 2.75) is 19.9 Å². The van der Waals surface area contributed by atoms with Gasteiger partial charge in [0, 0.05) is 35.5 Å². The topological polar surface area (TPSA) is 72.8 Å². The van der Waals surface area contributed by atoms with Gasteiger partial charge in [0.15, 0.2) is 0 Å². The number of pyridine rings is 1. The number of nitrogens with zero attached hydrogens (tertiary/aromatic N) is 3. The summed E-state index contributed by atoms with van der Waals surface area (Å²) >= 11 is 3.60. The van der Waals surface area contributed by atoms with E-state index in [1.807, 2.05) is 24.1 Å². The second-order valence-corrected chi connectivity index (χ2v) is 7.57. The fraction of sp³-hybridized carbons (Fsp3) is 0.190. The van der Waals surface area contributed by atoms with Crippen LogP contribution in [0.2, 0.25) is 0 Å². The molecule has 27 heavy (non-hydrogen) atoms. The van der Waals surface area contributed by atoms with Crippen LogP contribution in [-0.4, -0.2) is 27.3 Å². The van der Waals surface area contributed by atoms with E-state index >= 15 is 0 Å². The number of carbonyl (C=O) groups is 1. The van der Waals surface area contributed by atoms with Gasteiger partial charge in [-0.15, -0.1) is 0 Å². The molecule has 0 atom stereocenters. The monoisotopic (exact) mass is 420 g/mol. The highest BCUT2D eigenvalue weighted by Gasteiger charge is 2.23. The first-order valence-electron chi connectivity index (χ1n) is 8.67. The number of nitriles is 1. The van der Waals surface area contributed by atoms with Gasteiger partial charge in [0.25, 0.3) is 5.91 Å². The van der Waals surface area contributed by atoms with Gasteiger partial charge in [0.2, 0.25) is 0 Å². The van der Waals surface area contributed by atoms with E-state index in [0.717, 1.165) is 33.3 Å². The number of benzene rings is 1. The van der Waals surface area contributed by atoms with Crippen molar-refractivity contribution in [1.29, 1.82) is 5.26 Å². The van der Waals surface area contributed by atoms with E-state index in [1.54, 1.807) is 12.3 Å². The van der Waals surface area contributed by atoms with E-state index in [0.29, 0.717) is 24.3 Å². The van der Waals surface area contributed by atoms with Gasteiger partial charge in [0.05, 0.1) is 11.3 Å². The molecule has 0 unspecified atom stereocenters. The summed E-state index contributed by atoms with van der Waals surface area (Å²) in [6.45, 7) is 3.24. The molecule has 3 aromatic rings. The highest BCUT2D eigenvalue weighted by Crippen LogP contribution is 2.30. The van der Waals surface area contributed by atoms with E-state index in [1.165, 1.54) is 5.56 Å². The average Bonchev–Trinajstić information content (AvgIpc) is 3.16. The van der Waals surface area contributed by atoms with Crippen molar-refractivity contribution in [1.82, 2.24) is 14.9 Å². The van der Waals surface area contributed by atoms with Crippen molar-refractivity contribution in [3.05, 3.63) is 75.1 Å². The molecule has 1 amide bonds. The molecule has 1 aliphatic heterocycles. The zero-order valence-electron chi connectivity index (χ0n) is 14.8. The fourth-order valence-corrected chi connectivity index (χ4v) is 4.06. The highest BCUT2D eigenvalue weighted by atomic mass is 79.9. The number of halogens is 1. The molecule has 1 N–H and O–H groups in total. The molecule has 0 saturated carbocycles. The van der Waals surface area contributed by atoms with Crippen LogP contribution in [0, 0.1) is 18.3 Å². The Morgan fingerprint density at radius 3 is 2.89 bits per heavy atom. The molecular weight excluding hydrogens is 404 g/mol. The number of aryl methyl sites for hydroxylation is 1. The standard InChI is InChI=1S/C21H17BrN4O/c1-13-6-18(22)20(25-10-13)16-2-3-17-12-26(5-4-15(17)8-16)21(27)19-7-14(9-23)11-24-19/h2-3,6-8,10-11,24H,4-5,12H2,1H3. The Kier molecular flexibility index (Phi) is 4.54. The Hall–Kier alpha value is -2.91. The number of hydrogen-bond donors (Lipinski definition) is 1. The molecule has 0 spiro atoms. The predicted molar refractivity (Wildman–Crippen MR) is 106 cm³/mol. The molecule has 0 saturated heterocycles. The van der Waals surface area contributed by atoms with Gasteiger partial charge in [-0.1, -0.05) is 12.1 Å². The average molecular weight is 421 g/mol. The minimum Gasteiger partial charge on any atom is -0.356 e. The second kappa shape index (κ2) is 7.01. The summed E-state index contributed by atoms with van der Waals surface area (Å²) in [5, 5.41) is 8.92. The van der Waals surface area contributed by atoms with Gasteiger partial charge in [-0.3, -0.25) is 9.78 Å². The summed E-state index contributed by atoms with van der Waals surface area (Å²) in [5.74, 6) is -0.0748. The Morgan fingerprint density at radius 2 is 2.15 bits per heavy atom. The molecule has 4 rings (SSSR count). The summed E-state index contributed by atoms with van der Waals surface area (Å²) in [4.78, 5) is 21.9. The highest BCUT2D eigenvalue weighted by molar-refractivity contribution is 9.10. The first-order valence-corrected chi connectivity index (χ1v) is 9.46. The quantitative estimate of drug-likeness (QED) is 0.674. The Bertz CT molecular complexity index is 1080. The number of H-pyrrole nitrogens is 1. The van der Waals surface area contributed by atoms with Crippen molar-refractivity contribution in [3.63, 3.8) is 0 Å². The number of aromatic amines is 1. The number of amides is 1. The second-order valence-electron chi connectivity index (χ2n) is 6.72. The van der Waals surface area contributed by atoms with Crippen molar-refractivity contribution < 1.29 is 4.79 Å². The zero-order chi connectivity index (χ0) is 19.0. The van der Waals surface area contributed by atoms with Crippen LogP contribution in [0.15, 0.2) is 47.2 Å².